The van der Waals surface area contributed by atoms with E-state index in [1.54, 1.807) is 56.3 Å². The SMILES string of the molecule is CCC/C=C\c1ccccc1/C=C/C(=O)N[C@@H]1C(=O)N(C)/C(=C/c2ccc(O)cc2)C(=O)N[C@@H](CC(C)C)C(=O)N[C@H](Cc2ccccc2)C(=O)N[C@@H]([C@H](C)O)C(=O)N[C@@H](CC(N)O)C(=O)N[C@@H](CO)C(=O)O[C@@H]1C. The Morgan fingerprint density at radius 3 is 1.92 bits per heavy atom. The first kappa shape index (κ1) is 59.8. The van der Waals surface area contributed by atoms with Crippen LogP contribution in [-0.4, -0.2) is 141 Å². The van der Waals surface area contributed by atoms with E-state index in [1.165, 1.54) is 57.3 Å². The van der Waals surface area contributed by atoms with Gasteiger partial charge in [0, 0.05) is 26.0 Å². The maximum absolute atomic E-state index is 14.9. The molecule has 1 fully saturated rings. The number of unbranched alkanes of at least 4 members (excludes halogenated alkanes) is 1. The molecule has 1 aliphatic heterocycles. The molecule has 7 amide bonds. The number of carbonyl (C=O) groups excluding carboxylic acids is 8. The summed E-state index contributed by atoms with van der Waals surface area (Å²) in [5.74, 6) is -8.80. The molecule has 404 valence electrons. The molecule has 1 unspecified atom stereocenters. The smallest absolute Gasteiger partial charge is 0.331 e. The van der Waals surface area contributed by atoms with Crippen LogP contribution in [0.4, 0.5) is 0 Å². The summed E-state index contributed by atoms with van der Waals surface area (Å²) in [5.41, 5.74) is 7.50. The molecular formula is C54H70N8O13. The zero-order chi connectivity index (χ0) is 55.4. The maximum Gasteiger partial charge on any atom is 0.331 e. The summed E-state index contributed by atoms with van der Waals surface area (Å²) in [7, 11) is 1.20. The Kier molecular flexibility index (Phi) is 23.3. The molecule has 0 saturated carbocycles. The van der Waals surface area contributed by atoms with Crippen LogP contribution in [0.15, 0.2) is 96.7 Å². The van der Waals surface area contributed by atoms with Crippen LogP contribution in [0.1, 0.15) is 82.6 Å². The first-order valence-electron chi connectivity index (χ1n) is 24.6. The normalized spacial score (nSPS) is 23.6. The van der Waals surface area contributed by atoms with Crippen LogP contribution in [0.2, 0.25) is 0 Å². The lowest BCUT2D eigenvalue weighted by molar-refractivity contribution is -0.157. The van der Waals surface area contributed by atoms with Gasteiger partial charge in [0.15, 0.2) is 6.04 Å². The summed E-state index contributed by atoms with van der Waals surface area (Å²) >= 11 is 0. The average molecular weight is 1040 g/mol. The van der Waals surface area contributed by atoms with Gasteiger partial charge in [-0.05, 0) is 79.1 Å². The number of aliphatic hydroxyl groups excluding tert-OH is 3. The highest BCUT2D eigenvalue weighted by Crippen LogP contribution is 2.19. The number of esters is 1. The van der Waals surface area contributed by atoms with Crippen LogP contribution in [0.3, 0.4) is 0 Å². The molecule has 9 atom stereocenters. The number of rotatable bonds is 15. The number of cyclic esters (lactones) is 1. The van der Waals surface area contributed by atoms with E-state index in [4.69, 9.17) is 10.5 Å². The summed E-state index contributed by atoms with van der Waals surface area (Å²) in [6, 6.07) is 11.0. The van der Waals surface area contributed by atoms with Crippen molar-refractivity contribution < 1.29 is 63.5 Å². The Bertz CT molecular complexity index is 2550. The van der Waals surface area contributed by atoms with E-state index < -0.39 is 121 Å². The number of phenolic OH excluding ortho intramolecular Hbond substituents is 1. The largest absolute Gasteiger partial charge is 0.508 e. The van der Waals surface area contributed by atoms with Gasteiger partial charge in [0.1, 0.15) is 54.0 Å². The van der Waals surface area contributed by atoms with Crippen molar-refractivity contribution in [2.75, 3.05) is 13.7 Å². The molecule has 0 aromatic heterocycles. The van der Waals surface area contributed by atoms with Crippen LogP contribution in [0.25, 0.3) is 18.2 Å². The van der Waals surface area contributed by atoms with Crippen LogP contribution in [0.5, 0.6) is 5.75 Å². The molecule has 0 radical (unpaired) electrons. The van der Waals surface area contributed by atoms with E-state index >= 15 is 0 Å². The highest BCUT2D eigenvalue weighted by molar-refractivity contribution is 6.05. The molecule has 21 nitrogen and oxygen atoms in total. The predicted molar refractivity (Wildman–Crippen MR) is 279 cm³/mol. The Balaban J connectivity index is 1.90. The number of aromatic hydroxyl groups is 1. The summed E-state index contributed by atoms with van der Waals surface area (Å²) in [5, 5.41) is 56.4. The molecule has 3 aromatic rings. The Labute approximate surface area is 436 Å². The zero-order valence-corrected chi connectivity index (χ0v) is 42.9. The summed E-state index contributed by atoms with van der Waals surface area (Å²) in [4.78, 5) is 115. The van der Waals surface area contributed by atoms with Crippen molar-refractivity contribution in [3.63, 3.8) is 0 Å². The van der Waals surface area contributed by atoms with E-state index in [0.717, 1.165) is 29.4 Å². The van der Waals surface area contributed by atoms with Crippen molar-refractivity contribution in [3.05, 3.63) is 119 Å². The molecule has 0 spiro atoms. The number of ether oxygens (including phenoxy) is 1. The summed E-state index contributed by atoms with van der Waals surface area (Å²) in [6.07, 6.45) is 3.66. The monoisotopic (exact) mass is 1040 g/mol. The molecule has 12 N–H and O–H groups in total. The summed E-state index contributed by atoms with van der Waals surface area (Å²) < 4.78 is 5.65. The molecular weight excluding hydrogens is 969 g/mol. The minimum atomic E-state index is -1.91. The van der Waals surface area contributed by atoms with Crippen LogP contribution in [-0.2, 0) is 49.5 Å². The van der Waals surface area contributed by atoms with E-state index in [1.807, 2.05) is 31.2 Å². The lowest BCUT2D eigenvalue weighted by Crippen LogP contribution is -2.62. The molecule has 3 aromatic carbocycles. The Morgan fingerprint density at radius 1 is 0.760 bits per heavy atom. The number of amides is 7. The molecule has 1 saturated heterocycles. The number of nitrogens with zero attached hydrogens (tertiary/aromatic N) is 1. The lowest BCUT2D eigenvalue weighted by atomic mass is 10.00. The van der Waals surface area contributed by atoms with Crippen LogP contribution in [0, 0.1) is 5.92 Å². The number of allylic oxidation sites excluding steroid dienone is 1. The van der Waals surface area contributed by atoms with Gasteiger partial charge in [-0.2, -0.15) is 0 Å². The number of hydrogen-bond donors (Lipinski definition) is 11. The molecule has 0 aliphatic carbocycles. The number of nitrogens with one attached hydrogen (secondary N) is 6. The standard InChI is InChI=1S/C54H70N8O13/c1-7-8-10-17-36-18-13-14-19-37(36)22-25-45(67)60-47-33(5)75-54(74)42(30-63)59-49(69)41(29-44(55)66)58-52(72)46(32(4)64)61-50(70)40(27-34-15-11-9-12-16-34)56-48(68)39(26-31(2)3)57-51(71)43(62(6)53(47)73)28-35-20-23-38(65)24-21-35/h9-25,28,31-33,39-42,44,46-47,63-66H,7-8,26-27,29-30,55H2,1-6H3,(H,56,68)(H,57,71)(H,58,72)(H,59,69)(H,60,67)(H,61,70)/b17-10-,25-22+,43-28+/t32-,33+,39-,40+,41-,42-,44?,46-,47-/m0/s1. The molecule has 75 heavy (non-hydrogen) atoms. The van der Waals surface area contributed by atoms with Crippen LogP contribution >= 0.6 is 0 Å². The fourth-order valence-electron chi connectivity index (χ4n) is 7.75. The van der Waals surface area contributed by atoms with E-state index in [-0.39, 0.29) is 30.1 Å². The van der Waals surface area contributed by atoms with Gasteiger partial charge >= 0.3 is 5.97 Å². The third-order valence-corrected chi connectivity index (χ3v) is 11.8. The lowest BCUT2D eigenvalue weighted by Gasteiger charge is -2.31. The van der Waals surface area contributed by atoms with Gasteiger partial charge in [0.05, 0.1) is 12.7 Å². The topological polar surface area (TPSA) is 328 Å². The number of benzene rings is 3. The second kappa shape index (κ2) is 29.2. The van der Waals surface area contributed by atoms with Gasteiger partial charge in [-0.15, -0.1) is 0 Å². The van der Waals surface area contributed by atoms with Crippen molar-refractivity contribution in [2.45, 2.75) is 121 Å². The maximum atomic E-state index is 14.9. The zero-order valence-electron chi connectivity index (χ0n) is 42.9. The molecule has 1 heterocycles. The van der Waals surface area contributed by atoms with Gasteiger partial charge < -0.3 is 67.7 Å². The third-order valence-electron chi connectivity index (χ3n) is 11.8. The summed E-state index contributed by atoms with van der Waals surface area (Å²) in [6.45, 7) is 6.87. The van der Waals surface area contributed by atoms with E-state index in [0.29, 0.717) is 11.1 Å². The van der Waals surface area contributed by atoms with Gasteiger partial charge in [-0.3, -0.25) is 33.6 Å². The van der Waals surface area contributed by atoms with E-state index in [2.05, 4.69) is 31.9 Å². The fraction of sp³-hybridized carbons (Fsp3) is 0.407. The number of phenols is 1. The number of aliphatic hydroxyl groups is 3. The number of nitrogens with two attached hydrogens (primary N) is 1. The highest BCUT2D eigenvalue weighted by Gasteiger charge is 2.39. The Hall–Kier alpha value is -7.72. The quantitative estimate of drug-likeness (QED) is 0.0573. The number of hydrogen-bond acceptors (Lipinski definition) is 14. The molecule has 0 bridgehead atoms. The first-order valence-corrected chi connectivity index (χ1v) is 24.6. The van der Waals surface area contributed by atoms with Crippen LogP contribution < -0.4 is 37.6 Å². The molecule has 4 rings (SSSR count). The number of likely N-dealkylation sites (N-methyl/N-ethyl adjacent to an activating group) is 1. The van der Waals surface area contributed by atoms with Crippen molar-refractivity contribution in [3.8, 4) is 5.75 Å². The fourth-order valence-corrected chi connectivity index (χ4v) is 7.75. The van der Waals surface area contributed by atoms with Crippen molar-refractivity contribution in [2.24, 2.45) is 11.7 Å². The first-order chi connectivity index (χ1) is 35.6. The minimum absolute atomic E-state index is 0.0158. The van der Waals surface area contributed by atoms with Gasteiger partial charge in [0.25, 0.3) is 11.8 Å². The molecule has 1 aliphatic rings. The van der Waals surface area contributed by atoms with Gasteiger partial charge in [-0.1, -0.05) is 106 Å². The average Bonchev–Trinajstić information content (AvgIpc) is 3.36. The second-order valence-corrected chi connectivity index (χ2v) is 18.5. The van der Waals surface area contributed by atoms with Crippen molar-refractivity contribution >= 4 is 65.5 Å². The van der Waals surface area contributed by atoms with Crippen molar-refractivity contribution in [1.82, 2.24) is 36.8 Å². The van der Waals surface area contributed by atoms with Gasteiger partial charge in [-0.25, -0.2) is 4.79 Å². The highest BCUT2D eigenvalue weighted by atomic mass is 16.5. The van der Waals surface area contributed by atoms with Gasteiger partial charge in [0.2, 0.25) is 29.5 Å². The Morgan fingerprint density at radius 2 is 1.33 bits per heavy atom. The predicted octanol–water partition coefficient (Wildman–Crippen LogP) is 0.901. The number of carbonyl (C=O) groups is 8. The second-order valence-electron chi connectivity index (χ2n) is 18.5. The molecule has 21 heteroatoms. The minimum Gasteiger partial charge on any atom is -0.508 e. The third kappa shape index (κ3) is 18.6. The van der Waals surface area contributed by atoms with E-state index in [9.17, 15) is 58.8 Å². The van der Waals surface area contributed by atoms with Crippen molar-refractivity contribution in [1.29, 1.82) is 0 Å².